The molecule has 33 heavy (non-hydrogen) atoms. The van der Waals surface area contributed by atoms with Gasteiger partial charge in [-0.1, -0.05) is 36.9 Å². The number of hydrogen-bond acceptors (Lipinski definition) is 4. The van der Waals surface area contributed by atoms with E-state index in [9.17, 15) is 4.79 Å². The van der Waals surface area contributed by atoms with Gasteiger partial charge in [-0.2, -0.15) is 0 Å². The number of aliphatic imine (C=N–C) groups is 1. The van der Waals surface area contributed by atoms with Gasteiger partial charge < -0.3 is 26.6 Å². The van der Waals surface area contributed by atoms with Crippen molar-refractivity contribution in [1.82, 2.24) is 15.5 Å². The third kappa shape index (κ3) is 6.11. The second-order valence-corrected chi connectivity index (χ2v) is 8.17. The minimum absolute atomic E-state index is 0.191. The predicted octanol–water partition coefficient (Wildman–Crippen LogP) is 4.25. The maximum absolute atomic E-state index is 12.4. The van der Waals surface area contributed by atoms with Crippen molar-refractivity contribution in [2.75, 3.05) is 18.4 Å². The van der Waals surface area contributed by atoms with Crippen molar-refractivity contribution in [1.29, 1.82) is 0 Å². The lowest BCUT2D eigenvalue weighted by atomic mass is 10.1. The van der Waals surface area contributed by atoms with Gasteiger partial charge in [0, 0.05) is 53.7 Å². The van der Waals surface area contributed by atoms with E-state index in [4.69, 9.17) is 5.73 Å². The number of carbonyl (C=O) groups excluding carboxylic acids is 1. The number of nitrogens with one attached hydrogen (secondary N) is 3. The van der Waals surface area contributed by atoms with Crippen LogP contribution in [-0.4, -0.2) is 35.9 Å². The van der Waals surface area contributed by atoms with Gasteiger partial charge in [0.25, 0.3) is 0 Å². The Kier molecular flexibility index (Phi) is 7.69. The molecular formula is C26H32N6O. The molecule has 1 aromatic carbocycles. The van der Waals surface area contributed by atoms with Gasteiger partial charge in [0.05, 0.1) is 0 Å². The first-order valence-corrected chi connectivity index (χ1v) is 10.9. The summed E-state index contributed by atoms with van der Waals surface area (Å²) in [5.74, 6) is 0.783. The van der Waals surface area contributed by atoms with Crippen molar-refractivity contribution in [3.63, 3.8) is 0 Å². The number of carbonyl (C=O) groups is 1. The Labute approximate surface area is 195 Å². The van der Waals surface area contributed by atoms with Crippen molar-refractivity contribution in [2.24, 2.45) is 10.7 Å². The number of anilines is 1. The molecule has 0 aliphatic carbocycles. The SMILES string of the molecule is C=CN=C1NC(c2ccc(NC(=O)NC(=C)/C=C(\C=C/C)N3CC(N)C3)cc2)=CC1=C(C)C. The van der Waals surface area contributed by atoms with Crippen LogP contribution in [0.15, 0.2) is 95.5 Å². The quantitative estimate of drug-likeness (QED) is 0.473. The number of hydrogen-bond donors (Lipinski definition) is 4. The van der Waals surface area contributed by atoms with Gasteiger partial charge in [-0.15, -0.1) is 0 Å². The fourth-order valence-electron chi connectivity index (χ4n) is 3.57. The third-order valence-electron chi connectivity index (χ3n) is 5.22. The summed E-state index contributed by atoms with van der Waals surface area (Å²) in [6.07, 6.45) is 9.36. The van der Waals surface area contributed by atoms with Gasteiger partial charge in [0.1, 0.15) is 5.84 Å². The van der Waals surface area contributed by atoms with Gasteiger partial charge in [0.15, 0.2) is 0 Å². The molecule has 5 N–H and O–H groups in total. The molecule has 172 valence electrons. The van der Waals surface area contributed by atoms with Crippen LogP contribution in [0.5, 0.6) is 0 Å². The molecule has 1 saturated heterocycles. The first-order valence-electron chi connectivity index (χ1n) is 10.9. The first kappa shape index (κ1) is 23.8. The van der Waals surface area contributed by atoms with Crippen molar-refractivity contribution >= 4 is 23.3 Å². The van der Waals surface area contributed by atoms with E-state index in [1.54, 1.807) is 0 Å². The number of benzene rings is 1. The Hall–Kier alpha value is -3.84. The number of nitrogens with zero attached hydrogens (tertiary/aromatic N) is 2. The van der Waals surface area contributed by atoms with E-state index in [1.807, 2.05) is 63.3 Å². The number of urea groups is 1. The minimum Gasteiger partial charge on any atom is -0.368 e. The van der Waals surface area contributed by atoms with E-state index >= 15 is 0 Å². The van der Waals surface area contributed by atoms with Gasteiger partial charge in [0.2, 0.25) is 0 Å². The molecule has 0 spiro atoms. The minimum atomic E-state index is -0.352. The average molecular weight is 445 g/mol. The van der Waals surface area contributed by atoms with Crippen molar-refractivity contribution in [3.05, 3.63) is 96.0 Å². The van der Waals surface area contributed by atoms with E-state index < -0.39 is 0 Å². The second-order valence-electron chi connectivity index (χ2n) is 8.17. The summed E-state index contributed by atoms with van der Waals surface area (Å²) in [7, 11) is 0. The van der Waals surface area contributed by atoms with Gasteiger partial charge >= 0.3 is 6.03 Å². The predicted molar refractivity (Wildman–Crippen MR) is 137 cm³/mol. The Balaban J connectivity index is 1.61. The lowest BCUT2D eigenvalue weighted by Crippen LogP contribution is -2.54. The maximum Gasteiger partial charge on any atom is 0.323 e. The number of allylic oxidation sites excluding steroid dienone is 4. The molecule has 3 rings (SSSR count). The molecule has 2 aliphatic rings. The van der Waals surface area contributed by atoms with Crippen molar-refractivity contribution < 1.29 is 4.79 Å². The zero-order chi connectivity index (χ0) is 24.0. The molecule has 2 heterocycles. The van der Waals surface area contributed by atoms with Crippen LogP contribution in [0.25, 0.3) is 5.70 Å². The molecule has 0 aromatic heterocycles. The fourth-order valence-corrected chi connectivity index (χ4v) is 3.57. The highest BCUT2D eigenvalue weighted by molar-refractivity contribution is 6.11. The van der Waals surface area contributed by atoms with E-state index in [0.29, 0.717) is 11.4 Å². The summed E-state index contributed by atoms with van der Waals surface area (Å²) < 4.78 is 0. The lowest BCUT2D eigenvalue weighted by molar-refractivity contribution is 0.207. The average Bonchev–Trinajstić information content (AvgIpc) is 3.16. The van der Waals surface area contributed by atoms with Crippen molar-refractivity contribution in [3.8, 4) is 0 Å². The summed E-state index contributed by atoms with van der Waals surface area (Å²) in [5, 5.41) is 8.93. The van der Waals surface area contributed by atoms with Crippen LogP contribution >= 0.6 is 0 Å². The molecule has 7 heteroatoms. The zero-order valence-corrected chi connectivity index (χ0v) is 19.5. The fraction of sp³-hybridized carbons (Fsp3) is 0.231. The first-order chi connectivity index (χ1) is 15.8. The molecule has 1 aromatic rings. The topological polar surface area (TPSA) is 94.8 Å². The lowest BCUT2D eigenvalue weighted by Gasteiger charge is -2.39. The van der Waals surface area contributed by atoms with Crippen LogP contribution in [0.2, 0.25) is 0 Å². The van der Waals surface area contributed by atoms with Gasteiger partial charge in [-0.25, -0.2) is 9.79 Å². The van der Waals surface area contributed by atoms with Gasteiger partial charge in [-0.05, 0) is 56.7 Å². The molecule has 2 aliphatic heterocycles. The molecule has 1 fully saturated rings. The molecule has 0 radical (unpaired) electrons. The van der Waals surface area contributed by atoms with Gasteiger partial charge in [-0.3, -0.25) is 0 Å². The number of nitrogens with two attached hydrogens (primary N) is 1. The number of amides is 2. The van der Waals surface area contributed by atoms with Crippen LogP contribution in [0.3, 0.4) is 0 Å². The number of rotatable bonds is 7. The standard InChI is InChI=1S/C26H32N6O/c1-6-8-22(32-15-20(27)16-32)13-18(5)29-26(33)30-21-11-9-19(10-12-21)24-14-23(17(3)4)25(31-24)28-7-2/h6-14,20H,2,5,15-16,27H2,1,3-4H3,(H,28,31)(H2,29,30,33)/b8-6-,22-13+. The molecule has 0 unspecified atom stereocenters. The Morgan fingerprint density at radius 1 is 1.27 bits per heavy atom. The molecule has 0 saturated carbocycles. The van der Waals surface area contributed by atoms with E-state index in [0.717, 1.165) is 47.0 Å². The highest BCUT2D eigenvalue weighted by Crippen LogP contribution is 2.24. The van der Waals surface area contributed by atoms with E-state index in [-0.39, 0.29) is 12.1 Å². The Morgan fingerprint density at radius 2 is 1.97 bits per heavy atom. The van der Waals surface area contributed by atoms with Crippen molar-refractivity contribution in [2.45, 2.75) is 26.8 Å². The molecule has 2 amide bonds. The van der Waals surface area contributed by atoms with Crippen LogP contribution in [0.1, 0.15) is 26.3 Å². The monoisotopic (exact) mass is 444 g/mol. The normalized spacial score (nSPS) is 17.5. The van der Waals surface area contributed by atoms with Crippen LogP contribution in [0.4, 0.5) is 10.5 Å². The Morgan fingerprint density at radius 3 is 2.55 bits per heavy atom. The van der Waals surface area contributed by atoms with E-state index in [1.165, 1.54) is 6.20 Å². The number of amidine groups is 1. The van der Waals surface area contributed by atoms with Crippen LogP contribution in [-0.2, 0) is 0 Å². The maximum atomic E-state index is 12.4. The van der Waals surface area contributed by atoms with Crippen LogP contribution < -0.4 is 21.7 Å². The summed E-state index contributed by atoms with van der Waals surface area (Å²) in [5.41, 5.74) is 12.2. The van der Waals surface area contributed by atoms with E-state index in [2.05, 4.69) is 45.1 Å². The molecular weight excluding hydrogens is 412 g/mol. The largest absolute Gasteiger partial charge is 0.368 e. The van der Waals surface area contributed by atoms with Crippen LogP contribution in [0, 0.1) is 0 Å². The second kappa shape index (κ2) is 10.7. The molecule has 7 nitrogen and oxygen atoms in total. The highest BCUT2D eigenvalue weighted by Gasteiger charge is 2.23. The Bertz CT molecular complexity index is 1080. The summed E-state index contributed by atoms with van der Waals surface area (Å²) in [4.78, 5) is 18.9. The summed E-state index contributed by atoms with van der Waals surface area (Å²) in [6.45, 7) is 15.3. The molecule has 0 atom stereocenters. The summed E-state index contributed by atoms with van der Waals surface area (Å²) >= 11 is 0. The third-order valence-corrected chi connectivity index (χ3v) is 5.22. The summed E-state index contributed by atoms with van der Waals surface area (Å²) in [6, 6.07) is 7.44. The highest BCUT2D eigenvalue weighted by atomic mass is 16.2. The number of likely N-dealkylation sites (tertiary alicyclic amines) is 1. The smallest absolute Gasteiger partial charge is 0.323 e. The zero-order valence-electron chi connectivity index (χ0n) is 19.5. The molecule has 0 bridgehead atoms.